The summed E-state index contributed by atoms with van der Waals surface area (Å²) in [5.74, 6) is -0.739. The van der Waals surface area contributed by atoms with Gasteiger partial charge in [-0.1, -0.05) is 0 Å². The number of hydrogen-bond donors (Lipinski definition) is 0. The number of hydrogen-bond acceptors (Lipinski definition) is 6. The first-order valence-corrected chi connectivity index (χ1v) is 19.5. The van der Waals surface area contributed by atoms with Crippen molar-refractivity contribution in [1.29, 1.82) is 0 Å². The van der Waals surface area contributed by atoms with E-state index in [2.05, 4.69) is 20.8 Å². The summed E-state index contributed by atoms with van der Waals surface area (Å²) in [6.45, 7) is 9.59. The van der Waals surface area contributed by atoms with Crippen LogP contribution >= 0.6 is 0 Å². The van der Waals surface area contributed by atoms with Gasteiger partial charge in [0.1, 0.15) is 0 Å². The van der Waals surface area contributed by atoms with E-state index in [1.54, 1.807) is 13.8 Å². The molecule has 0 fully saturated rings. The van der Waals surface area contributed by atoms with Crippen molar-refractivity contribution in [2.75, 3.05) is 0 Å². The maximum absolute atomic E-state index is 14.5. The number of unbranched alkanes of at least 4 members (excludes halogenated alkanes) is 12. The van der Waals surface area contributed by atoms with E-state index in [-0.39, 0.29) is 19.3 Å². The second kappa shape index (κ2) is 18.7. The third-order valence-corrected chi connectivity index (χ3v) is 15.8. The SMILES string of the molecule is CCCCCCCC(=O)[O][Zr](=[O])([O]C(C)C)([C](=O)CCCCCCC)[C](=O)CCCCCCC. The van der Waals surface area contributed by atoms with Gasteiger partial charge in [0.05, 0.1) is 0 Å². The monoisotopic (exact) mass is 562 g/mol. The molecule has 7 heteroatoms. The Balaban J connectivity index is 5.63. The van der Waals surface area contributed by atoms with E-state index >= 15 is 0 Å². The summed E-state index contributed by atoms with van der Waals surface area (Å²) in [5.41, 5.74) is 0. The Kier molecular flexibility index (Phi) is 18.4. The topological polar surface area (TPSA) is 86.7 Å². The van der Waals surface area contributed by atoms with Gasteiger partial charge in [-0.3, -0.25) is 0 Å². The fraction of sp³-hybridized carbons (Fsp3) is 0.889. The van der Waals surface area contributed by atoms with Crippen LogP contribution in [0.2, 0.25) is 0 Å². The number of carbonyl (C=O) groups excluding carboxylic acids is 3. The molecule has 0 N–H and O–H groups in total. The van der Waals surface area contributed by atoms with Crippen LogP contribution in [0, 0.1) is 0 Å². The standard InChI is InChI=1S/C8H16O2.2C8H15O.C3H7O.O.Zr/c1-2-3-4-5-6-7-8(9)10;2*1-2-3-4-5-6-7-8-9;1-3(2)4;;/h2-7H2,1H3,(H,9,10);2*2-7H2,1H3;3H,1-2H3;;/q;;;-1;;+2/p-1. The average molecular weight is 564 g/mol. The van der Waals surface area contributed by atoms with Gasteiger partial charge in [-0.2, -0.15) is 0 Å². The molecule has 0 aliphatic rings. The van der Waals surface area contributed by atoms with E-state index in [9.17, 15) is 17.2 Å². The van der Waals surface area contributed by atoms with Crippen LogP contribution in [0.25, 0.3) is 0 Å². The van der Waals surface area contributed by atoms with Crippen LogP contribution in [0.4, 0.5) is 0 Å². The summed E-state index contributed by atoms with van der Waals surface area (Å²) in [6, 6.07) is 0. The van der Waals surface area contributed by atoms with Gasteiger partial charge in [0.2, 0.25) is 0 Å². The molecule has 0 saturated carbocycles. The Bertz CT molecular complexity index is 626. The molecule has 6 nitrogen and oxygen atoms in total. The Morgan fingerprint density at radius 1 is 0.588 bits per heavy atom. The molecule has 0 atom stereocenters. The molecule has 0 aromatic heterocycles. The fourth-order valence-electron chi connectivity index (χ4n) is 4.19. The molecule has 34 heavy (non-hydrogen) atoms. The van der Waals surface area contributed by atoms with Gasteiger partial charge >= 0.3 is 212 Å². The molecule has 0 aromatic rings. The molecular formula is C27H52O6Zr. The fourth-order valence-corrected chi connectivity index (χ4v) is 12.6. The van der Waals surface area contributed by atoms with Crippen molar-refractivity contribution < 1.29 is 42.5 Å². The Hall–Kier alpha value is -0.547. The Morgan fingerprint density at radius 3 is 1.29 bits per heavy atom. The molecule has 0 aliphatic heterocycles. The molecule has 0 radical (unpaired) electrons. The zero-order chi connectivity index (χ0) is 25.9. The molecule has 0 saturated heterocycles. The Labute approximate surface area is 211 Å². The van der Waals surface area contributed by atoms with Crippen LogP contribution in [0.3, 0.4) is 0 Å². The molecule has 0 rings (SSSR count). The maximum atomic E-state index is 14.5. The van der Waals surface area contributed by atoms with Crippen LogP contribution in [-0.2, 0) is 42.5 Å². The van der Waals surface area contributed by atoms with Crippen molar-refractivity contribution in [3.05, 3.63) is 0 Å². The summed E-state index contributed by atoms with van der Waals surface area (Å²) in [4.78, 5) is 39.6. The van der Waals surface area contributed by atoms with Gasteiger partial charge in [0, 0.05) is 0 Å². The van der Waals surface area contributed by atoms with Gasteiger partial charge in [-0.05, 0) is 0 Å². The summed E-state index contributed by atoms with van der Waals surface area (Å²) in [5, 5.41) is 0. The molecule has 0 amide bonds. The molecule has 0 aliphatic carbocycles. The molecule has 0 bridgehead atoms. The molecule has 0 unspecified atom stereocenters. The van der Waals surface area contributed by atoms with Crippen LogP contribution in [-0.4, -0.2) is 19.1 Å². The number of rotatable bonds is 23. The van der Waals surface area contributed by atoms with E-state index in [0.717, 1.165) is 77.0 Å². The molecule has 0 heterocycles. The normalized spacial score (nSPS) is 12.2. The van der Waals surface area contributed by atoms with Gasteiger partial charge in [0.25, 0.3) is 0 Å². The Morgan fingerprint density at radius 2 is 0.941 bits per heavy atom. The third kappa shape index (κ3) is 12.4. The molecular weight excluding hydrogens is 512 g/mol. The number of carbonyl (C=O) groups is 3. The molecule has 0 spiro atoms. The van der Waals surface area contributed by atoms with Gasteiger partial charge in [-0.15, -0.1) is 0 Å². The molecule has 200 valence electrons. The van der Waals surface area contributed by atoms with Gasteiger partial charge < -0.3 is 0 Å². The minimum atomic E-state index is -6.88. The summed E-state index contributed by atoms with van der Waals surface area (Å²) >= 11 is -6.88. The van der Waals surface area contributed by atoms with Crippen molar-refractivity contribution in [3.63, 3.8) is 0 Å². The first-order valence-electron chi connectivity index (χ1n) is 14.0. The van der Waals surface area contributed by atoms with Gasteiger partial charge in [0.15, 0.2) is 0 Å². The van der Waals surface area contributed by atoms with E-state index < -0.39 is 38.7 Å². The van der Waals surface area contributed by atoms with Gasteiger partial charge in [-0.25, -0.2) is 0 Å². The van der Waals surface area contributed by atoms with E-state index in [0.29, 0.717) is 19.3 Å². The predicted molar refractivity (Wildman–Crippen MR) is 133 cm³/mol. The second-order valence-corrected chi connectivity index (χ2v) is 18.6. The van der Waals surface area contributed by atoms with Crippen molar-refractivity contribution >= 4 is 13.0 Å². The van der Waals surface area contributed by atoms with E-state index in [1.807, 2.05) is 0 Å². The van der Waals surface area contributed by atoms with E-state index in [1.165, 1.54) is 0 Å². The first kappa shape index (κ1) is 33.5. The second-order valence-electron chi connectivity index (χ2n) is 9.97. The average Bonchev–Trinajstić information content (AvgIpc) is 2.77. The van der Waals surface area contributed by atoms with Crippen LogP contribution in [0.15, 0.2) is 0 Å². The zero-order valence-corrected chi connectivity index (χ0v) is 25.2. The van der Waals surface area contributed by atoms with E-state index in [4.69, 9.17) is 5.63 Å². The predicted octanol–water partition coefficient (Wildman–Crippen LogP) is 7.95. The minimum absolute atomic E-state index is 0.0451. The van der Waals surface area contributed by atoms with Crippen molar-refractivity contribution in [2.45, 2.75) is 156 Å². The first-order chi connectivity index (χ1) is 16.1. The third-order valence-electron chi connectivity index (χ3n) is 6.21. The van der Waals surface area contributed by atoms with Crippen molar-refractivity contribution in [2.24, 2.45) is 0 Å². The van der Waals surface area contributed by atoms with Crippen molar-refractivity contribution in [1.82, 2.24) is 0 Å². The van der Waals surface area contributed by atoms with Crippen LogP contribution in [0.5, 0.6) is 0 Å². The summed E-state index contributed by atoms with van der Waals surface area (Å²) in [6.07, 6.45) is 12.8. The quantitative estimate of drug-likeness (QED) is 0.117. The van der Waals surface area contributed by atoms with Crippen LogP contribution < -0.4 is 0 Å². The van der Waals surface area contributed by atoms with Crippen molar-refractivity contribution in [3.8, 4) is 0 Å². The molecule has 0 aromatic carbocycles. The zero-order valence-electron chi connectivity index (χ0n) is 22.8. The van der Waals surface area contributed by atoms with Crippen LogP contribution in [0.1, 0.15) is 150 Å². The summed E-state index contributed by atoms with van der Waals surface area (Å²) in [7, 11) is 0. The summed E-state index contributed by atoms with van der Waals surface area (Å²) < 4.78 is 24.2.